The van der Waals surface area contributed by atoms with E-state index in [1.54, 1.807) is 49.2 Å². The van der Waals surface area contributed by atoms with E-state index < -0.39 is 59.1 Å². The number of carbonyl (C=O) groups is 5. The van der Waals surface area contributed by atoms with Gasteiger partial charge >= 0.3 is 0 Å². The Morgan fingerprint density at radius 2 is 1.61 bits per heavy atom. The summed E-state index contributed by atoms with van der Waals surface area (Å²) in [6, 6.07) is 18.5. The van der Waals surface area contributed by atoms with Gasteiger partial charge in [-0.2, -0.15) is 0 Å². The highest BCUT2D eigenvalue weighted by molar-refractivity contribution is 6.04. The number of halogens is 3. The topological polar surface area (TPSA) is 177 Å². The molecule has 4 aromatic carbocycles. The molecule has 0 spiro atoms. The van der Waals surface area contributed by atoms with E-state index in [-0.39, 0.29) is 67.0 Å². The standard InChI is InChI=1S/C55H66F3N9O7/c1-33-27-65(41(25-60-33)29-64-18-21-74-31-34(64)2)30-48(69)67-32-55(3,43-15-10-36(23-46(43)67)22-35-8-12-39(56)13-9-35)54(72)61-26-47(68)62-40-14-11-38-28-66(53(71)49(59-4)37-16-19-73-20-17-37)51(42(38)24-40)52(70)63-50-44(57)6-5-7-45(50)58/h5-15,23-24,33-34,37,41,49,51,59-60H,16-22,25-32H2,1-4H3,(H,61,72)(H,62,68)(H,63,70)/t33?,34?,41-,49?,51?,55?/m1/s1. The molecule has 5 amide bonds. The first-order chi connectivity index (χ1) is 35.6. The van der Waals surface area contributed by atoms with Gasteiger partial charge in [-0.05, 0) is 123 Å². The molecule has 5 aliphatic heterocycles. The first-order valence-electron chi connectivity index (χ1n) is 25.6. The Morgan fingerprint density at radius 1 is 0.865 bits per heavy atom. The van der Waals surface area contributed by atoms with Crippen LogP contribution < -0.4 is 31.5 Å². The van der Waals surface area contributed by atoms with E-state index in [1.807, 2.05) is 18.2 Å². The Bertz CT molecular complexity index is 2720. The Kier molecular flexibility index (Phi) is 16.2. The summed E-state index contributed by atoms with van der Waals surface area (Å²) in [5.41, 5.74) is 2.25. The summed E-state index contributed by atoms with van der Waals surface area (Å²) in [6.45, 7) is 10.9. The maximum absolute atomic E-state index is 14.9. The summed E-state index contributed by atoms with van der Waals surface area (Å²) in [4.78, 5) is 79.2. The zero-order valence-corrected chi connectivity index (χ0v) is 42.4. The molecule has 74 heavy (non-hydrogen) atoms. The minimum absolute atomic E-state index is 0.0185. The second-order valence-electron chi connectivity index (χ2n) is 20.6. The Labute approximate surface area is 429 Å². The second-order valence-corrected chi connectivity index (χ2v) is 20.6. The van der Waals surface area contributed by atoms with Gasteiger partial charge in [0, 0.05) is 82.0 Å². The van der Waals surface area contributed by atoms with Crippen molar-refractivity contribution in [1.82, 2.24) is 30.7 Å². The monoisotopic (exact) mass is 1020 g/mol. The van der Waals surface area contributed by atoms with Crippen LogP contribution in [0.25, 0.3) is 0 Å². The van der Waals surface area contributed by atoms with E-state index in [0.29, 0.717) is 81.2 Å². The predicted molar refractivity (Wildman–Crippen MR) is 273 cm³/mol. The third-order valence-electron chi connectivity index (χ3n) is 15.4. The number of nitrogens with zero attached hydrogens (tertiary/aromatic N) is 4. The van der Waals surface area contributed by atoms with E-state index >= 15 is 0 Å². The van der Waals surface area contributed by atoms with Gasteiger partial charge in [-0.25, -0.2) is 13.2 Å². The lowest BCUT2D eigenvalue weighted by Crippen LogP contribution is -2.62. The van der Waals surface area contributed by atoms with Crippen molar-refractivity contribution < 1.29 is 46.6 Å². The third-order valence-corrected chi connectivity index (χ3v) is 15.4. The highest BCUT2D eigenvalue weighted by atomic mass is 19.1. The molecule has 3 fully saturated rings. The van der Waals surface area contributed by atoms with E-state index in [0.717, 1.165) is 36.3 Å². The summed E-state index contributed by atoms with van der Waals surface area (Å²) in [5.74, 6) is -4.84. The summed E-state index contributed by atoms with van der Waals surface area (Å²) in [7, 11) is 1.67. The molecule has 6 atom stereocenters. The number of rotatable bonds is 15. The fourth-order valence-corrected chi connectivity index (χ4v) is 11.2. The predicted octanol–water partition coefficient (Wildman–Crippen LogP) is 4.47. The molecular weight excluding hydrogens is 956 g/mol. The molecular formula is C55H66F3N9O7. The molecule has 5 heterocycles. The molecule has 0 radical (unpaired) electrons. The van der Waals surface area contributed by atoms with Gasteiger partial charge in [-0.15, -0.1) is 0 Å². The summed E-state index contributed by atoms with van der Waals surface area (Å²) >= 11 is 0. The van der Waals surface area contributed by atoms with Crippen LogP contribution in [0.2, 0.25) is 0 Å². The molecule has 4 aromatic rings. The van der Waals surface area contributed by atoms with Crippen LogP contribution in [0.5, 0.6) is 0 Å². The van der Waals surface area contributed by atoms with Gasteiger partial charge < -0.3 is 45.9 Å². The molecule has 0 aromatic heterocycles. The van der Waals surface area contributed by atoms with Crippen LogP contribution in [0.4, 0.5) is 30.2 Å². The number of hydrogen-bond donors (Lipinski definition) is 5. The summed E-state index contributed by atoms with van der Waals surface area (Å²) in [5, 5.41) is 14.7. The SMILES string of the molecule is CNC(C(=O)N1Cc2ccc(NC(=O)CNC(=O)C3(C)CN(C(=O)CN4CC(C)NC[C@@H]4CN4CCOCC4C)c4cc(Cc5ccc(F)cc5)ccc43)cc2C1C(=O)Nc1c(F)cccc1F)C1CCOCC1. The Hall–Kier alpha value is -6.22. The first kappa shape index (κ1) is 52.6. The average Bonchev–Trinajstić information content (AvgIpc) is 3.93. The minimum Gasteiger partial charge on any atom is -0.381 e. The van der Waals surface area contributed by atoms with Crippen LogP contribution in [-0.4, -0.2) is 148 Å². The number of piperazine rings is 1. The molecule has 5 unspecified atom stereocenters. The first-order valence-corrected chi connectivity index (χ1v) is 25.6. The van der Waals surface area contributed by atoms with Crippen molar-refractivity contribution in [3.05, 3.63) is 124 Å². The highest BCUT2D eigenvalue weighted by Crippen LogP contribution is 2.43. The van der Waals surface area contributed by atoms with Crippen molar-refractivity contribution in [3.63, 3.8) is 0 Å². The van der Waals surface area contributed by atoms with Crippen LogP contribution in [-0.2, 0) is 51.8 Å². The number of carbonyl (C=O) groups excluding carboxylic acids is 5. The maximum Gasteiger partial charge on any atom is 0.252 e. The smallest absolute Gasteiger partial charge is 0.252 e. The molecule has 3 saturated heterocycles. The molecule has 0 aliphatic carbocycles. The zero-order valence-electron chi connectivity index (χ0n) is 42.4. The Balaban J connectivity index is 0.921. The third kappa shape index (κ3) is 11.4. The van der Waals surface area contributed by atoms with E-state index in [2.05, 4.69) is 50.2 Å². The fraction of sp³-hybridized carbons (Fsp3) is 0.473. The molecule has 5 aliphatic rings. The average molecular weight is 1020 g/mol. The molecule has 0 saturated carbocycles. The van der Waals surface area contributed by atoms with Crippen molar-refractivity contribution in [1.29, 1.82) is 0 Å². The van der Waals surface area contributed by atoms with Gasteiger partial charge in [0.2, 0.25) is 23.6 Å². The minimum atomic E-state index is -1.32. The van der Waals surface area contributed by atoms with E-state index in [9.17, 15) is 37.1 Å². The number of hydrogen-bond acceptors (Lipinski definition) is 11. The van der Waals surface area contributed by atoms with Gasteiger partial charge in [0.25, 0.3) is 5.91 Å². The number of nitrogens with one attached hydrogen (secondary N) is 5. The maximum atomic E-state index is 14.9. The fourth-order valence-electron chi connectivity index (χ4n) is 11.2. The van der Waals surface area contributed by atoms with Crippen molar-refractivity contribution in [2.24, 2.45) is 5.92 Å². The summed E-state index contributed by atoms with van der Waals surface area (Å²) in [6.07, 6.45) is 1.71. The Morgan fingerprint density at radius 3 is 2.34 bits per heavy atom. The van der Waals surface area contributed by atoms with Crippen molar-refractivity contribution in [2.75, 3.05) is 94.8 Å². The van der Waals surface area contributed by atoms with E-state index in [4.69, 9.17) is 9.47 Å². The van der Waals surface area contributed by atoms with Crippen LogP contribution in [0.3, 0.4) is 0 Å². The van der Waals surface area contributed by atoms with Gasteiger partial charge in [0.1, 0.15) is 29.2 Å². The largest absolute Gasteiger partial charge is 0.381 e. The lowest BCUT2D eigenvalue weighted by Gasteiger charge is -2.43. The van der Waals surface area contributed by atoms with E-state index in [1.165, 1.54) is 23.1 Å². The highest BCUT2D eigenvalue weighted by Gasteiger charge is 2.48. The number of amides is 5. The lowest BCUT2D eigenvalue weighted by atomic mass is 9.83. The van der Waals surface area contributed by atoms with Crippen molar-refractivity contribution >= 4 is 46.6 Å². The number of ether oxygens (including phenoxy) is 2. The van der Waals surface area contributed by atoms with Crippen LogP contribution in [0.1, 0.15) is 67.5 Å². The molecule has 9 rings (SSSR count). The molecule has 5 N–H and O–H groups in total. The second kappa shape index (κ2) is 22.7. The van der Waals surface area contributed by atoms with Crippen LogP contribution >= 0.6 is 0 Å². The zero-order chi connectivity index (χ0) is 52.3. The molecule has 394 valence electrons. The van der Waals surface area contributed by atoms with Crippen LogP contribution in [0, 0.1) is 23.4 Å². The van der Waals surface area contributed by atoms with Gasteiger partial charge in [-0.3, -0.25) is 33.8 Å². The van der Waals surface area contributed by atoms with Gasteiger partial charge in [0.05, 0.1) is 37.8 Å². The van der Waals surface area contributed by atoms with Gasteiger partial charge in [0.15, 0.2) is 0 Å². The van der Waals surface area contributed by atoms with Crippen molar-refractivity contribution in [3.8, 4) is 0 Å². The quantitative estimate of drug-likeness (QED) is 0.114. The lowest BCUT2D eigenvalue weighted by molar-refractivity contribution is -0.142. The summed E-state index contributed by atoms with van der Waals surface area (Å²) < 4.78 is 54.8. The normalized spacial score (nSPS) is 23.7. The number of likely N-dealkylation sites (N-methyl/N-ethyl adjacent to an activating group) is 1. The van der Waals surface area contributed by atoms with Crippen molar-refractivity contribution in [2.45, 2.75) is 82.2 Å². The van der Waals surface area contributed by atoms with Gasteiger partial charge in [-0.1, -0.05) is 36.4 Å². The molecule has 16 nitrogen and oxygen atoms in total. The number of fused-ring (bicyclic) bond motifs is 2. The number of morpholine rings is 1. The van der Waals surface area contributed by atoms with Crippen LogP contribution in [0.15, 0.2) is 78.9 Å². The number of anilines is 3. The number of benzene rings is 4. The molecule has 0 bridgehead atoms. The number of para-hydroxylation sites is 1. The molecule has 19 heteroatoms.